The minimum Gasteiger partial charge on any atom is -0.385 e. The first kappa shape index (κ1) is 14.0. The lowest BCUT2D eigenvalue weighted by Crippen LogP contribution is -2.07. The van der Waals surface area contributed by atoms with Gasteiger partial charge in [-0.25, -0.2) is 8.42 Å². The average molecular weight is 257 g/mol. The van der Waals surface area contributed by atoms with Crippen molar-refractivity contribution in [3.63, 3.8) is 0 Å². The molecule has 1 aromatic rings. The van der Waals surface area contributed by atoms with Crippen LogP contribution >= 0.6 is 0 Å². The standard InChI is InChI=1S/C12H19NO3S/c1-16-10-6-5-9-13-11-7-3-4-8-12(11)17(2,14)15/h3-4,7-8,13H,5-6,9-10H2,1-2H3. The smallest absolute Gasteiger partial charge is 0.177 e. The van der Waals surface area contributed by atoms with Gasteiger partial charge in [-0.15, -0.1) is 0 Å². The van der Waals surface area contributed by atoms with Crippen LogP contribution in [0.1, 0.15) is 12.8 Å². The van der Waals surface area contributed by atoms with E-state index < -0.39 is 9.84 Å². The molecule has 0 spiro atoms. The van der Waals surface area contributed by atoms with Crippen molar-refractivity contribution >= 4 is 15.5 Å². The molecule has 17 heavy (non-hydrogen) atoms. The Morgan fingerprint density at radius 3 is 2.59 bits per heavy atom. The summed E-state index contributed by atoms with van der Waals surface area (Å²) in [6, 6.07) is 6.96. The van der Waals surface area contributed by atoms with Crippen molar-refractivity contribution in [3.8, 4) is 0 Å². The van der Waals surface area contributed by atoms with Crippen molar-refractivity contribution in [1.82, 2.24) is 0 Å². The number of para-hydroxylation sites is 1. The molecule has 0 radical (unpaired) electrons. The number of anilines is 1. The predicted molar refractivity (Wildman–Crippen MR) is 69.2 cm³/mol. The van der Waals surface area contributed by atoms with Gasteiger partial charge in [0.2, 0.25) is 0 Å². The van der Waals surface area contributed by atoms with E-state index in [2.05, 4.69) is 5.32 Å². The summed E-state index contributed by atoms with van der Waals surface area (Å²) in [4.78, 5) is 0.353. The van der Waals surface area contributed by atoms with Crippen LogP contribution in [-0.4, -0.2) is 34.9 Å². The maximum atomic E-state index is 11.5. The van der Waals surface area contributed by atoms with Crippen LogP contribution in [0.4, 0.5) is 5.69 Å². The van der Waals surface area contributed by atoms with Crippen LogP contribution in [0.25, 0.3) is 0 Å². The van der Waals surface area contributed by atoms with E-state index in [1.165, 1.54) is 6.26 Å². The first-order valence-electron chi connectivity index (χ1n) is 5.57. The highest BCUT2D eigenvalue weighted by Gasteiger charge is 2.11. The molecule has 0 aromatic heterocycles. The highest BCUT2D eigenvalue weighted by atomic mass is 32.2. The molecule has 0 saturated carbocycles. The van der Waals surface area contributed by atoms with E-state index in [-0.39, 0.29) is 0 Å². The molecule has 0 saturated heterocycles. The van der Waals surface area contributed by atoms with Crippen LogP contribution in [0.5, 0.6) is 0 Å². The molecule has 0 unspecified atom stereocenters. The molecule has 0 fully saturated rings. The van der Waals surface area contributed by atoms with E-state index in [0.29, 0.717) is 10.6 Å². The molecular weight excluding hydrogens is 238 g/mol. The second-order valence-electron chi connectivity index (χ2n) is 3.90. The molecule has 1 aromatic carbocycles. The zero-order valence-electron chi connectivity index (χ0n) is 10.3. The van der Waals surface area contributed by atoms with Crippen molar-refractivity contribution in [2.75, 3.05) is 31.8 Å². The summed E-state index contributed by atoms with van der Waals surface area (Å²) < 4.78 is 28.0. The molecule has 5 heteroatoms. The topological polar surface area (TPSA) is 55.4 Å². The Morgan fingerprint density at radius 1 is 1.24 bits per heavy atom. The van der Waals surface area contributed by atoms with Gasteiger partial charge in [0, 0.05) is 26.5 Å². The van der Waals surface area contributed by atoms with Gasteiger partial charge >= 0.3 is 0 Å². The zero-order valence-corrected chi connectivity index (χ0v) is 11.1. The highest BCUT2D eigenvalue weighted by Crippen LogP contribution is 2.20. The van der Waals surface area contributed by atoms with Gasteiger partial charge in [0.25, 0.3) is 0 Å². The molecule has 0 atom stereocenters. The van der Waals surface area contributed by atoms with E-state index in [0.717, 1.165) is 26.0 Å². The summed E-state index contributed by atoms with van der Waals surface area (Å²) in [5, 5.41) is 3.14. The molecule has 1 N–H and O–H groups in total. The molecule has 1 rings (SSSR count). The first-order valence-corrected chi connectivity index (χ1v) is 7.46. The number of rotatable bonds is 7. The number of benzene rings is 1. The Labute approximate surface area is 103 Å². The van der Waals surface area contributed by atoms with Gasteiger partial charge in [0.15, 0.2) is 9.84 Å². The minimum atomic E-state index is -3.17. The number of unbranched alkanes of at least 4 members (excludes halogenated alkanes) is 1. The van der Waals surface area contributed by atoms with Crippen LogP contribution in [0.2, 0.25) is 0 Å². The Morgan fingerprint density at radius 2 is 1.94 bits per heavy atom. The number of hydrogen-bond donors (Lipinski definition) is 1. The van der Waals surface area contributed by atoms with Crippen LogP contribution in [-0.2, 0) is 14.6 Å². The fourth-order valence-corrected chi connectivity index (χ4v) is 2.40. The fraction of sp³-hybridized carbons (Fsp3) is 0.500. The van der Waals surface area contributed by atoms with Gasteiger partial charge in [0.1, 0.15) is 0 Å². The molecule has 0 heterocycles. The summed E-state index contributed by atoms with van der Waals surface area (Å²) >= 11 is 0. The van der Waals surface area contributed by atoms with Crippen molar-refractivity contribution in [3.05, 3.63) is 24.3 Å². The van der Waals surface area contributed by atoms with Gasteiger partial charge in [-0.2, -0.15) is 0 Å². The maximum Gasteiger partial charge on any atom is 0.177 e. The third kappa shape index (κ3) is 4.75. The number of methoxy groups -OCH3 is 1. The Balaban J connectivity index is 2.59. The monoisotopic (exact) mass is 257 g/mol. The molecule has 0 amide bonds. The van der Waals surface area contributed by atoms with Crippen molar-refractivity contribution in [1.29, 1.82) is 0 Å². The second-order valence-corrected chi connectivity index (χ2v) is 5.88. The number of nitrogens with one attached hydrogen (secondary N) is 1. The van der Waals surface area contributed by atoms with Crippen molar-refractivity contribution in [2.45, 2.75) is 17.7 Å². The van der Waals surface area contributed by atoms with Crippen LogP contribution in [0, 0.1) is 0 Å². The maximum absolute atomic E-state index is 11.5. The zero-order chi connectivity index (χ0) is 12.7. The summed E-state index contributed by atoms with van der Waals surface area (Å²) in [6.45, 7) is 1.48. The normalized spacial score (nSPS) is 11.4. The highest BCUT2D eigenvalue weighted by molar-refractivity contribution is 7.90. The summed E-state index contributed by atoms with van der Waals surface area (Å²) in [5.74, 6) is 0. The molecular formula is C12H19NO3S. The van der Waals surface area contributed by atoms with Gasteiger partial charge in [-0.1, -0.05) is 12.1 Å². The first-order chi connectivity index (χ1) is 8.05. The minimum absolute atomic E-state index is 0.353. The molecule has 96 valence electrons. The SMILES string of the molecule is COCCCCNc1ccccc1S(C)(=O)=O. The lowest BCUT2D eigenvalue weighted by atomic mass is 10.3. The third-order valence-corrected chi connectivity index (χ3v) is 3.53. The Kier molecular flexibility index (Phi) is 5.44. The molecule has 0 aliphatic heterocycles. The number of ether oxygens (including phenoxy) is 1. The quantitative estimate of drug-likeness (QED) is 0.758. The van der Waals surface area contributed by atoms with E-state index in [1.807, 2.05) is 6.07 Å². The van der Waals surface area contributed by atoms with Crippen LogP contribution < -0.4 is 5.32 Å². The molecule has 0 aliphatic rings. The lowest BCUT2D eigenvalue weighted by molar-refractivity contribution is 0.194. The van der Waals surface area contributed by atoms with E-state index >= 15 is 0 Å². The van der Waals surface area contributed by atoms with Crippen LogP contribution in [0.15, 0.2) is 29.2 Å². The number of hydrogen-bond acceptors (Lipinski definition) is 4. The Bertz CT molecular complexity index is 443. The molecule has 0 aliphatic carbocycles. The third-order valence-electron chi connectivity index (χ3n) is 2.38. The van der Waals surface area contributed by atoms with E-state index in [4.69, 9.17) is 4.74 Å². The van der Waals surface area contributed by atoms with Crippen molar-refractivity contribution < 1.29 is 13.2 Å². The van der Waals surface area contributed by atoms with Gasteiger partial charge in [-0.05, 0) is 25.0 Å². The van der Waals surface area contributed by atoms with Crippen molar-refractivity contribution in [2.24, 2.45) is 0 Å². The van der Waals surface area contributed by atoms with E-state index in [9.17, 15) is 8.42 Å². The fourth-order valence-electron chi connectivity index (χ4n) is 1.53. The van der Waals surface area contributed by atoms with Gasteiger partial charge in [-0.3, -0.25) is 0 Å². The second kappa shape index (κ2) is 6.61. The summed E-state index contributed by atoms with van der Waals surface area (Å²) in [5.41, 5.74) is 0.674. The van der Waals surface area contributed by atoms with Gasteiger partial charge < -0.3 is 10.1 Å². The molecule has 0 bridgehead atoms. The Hall–Kier alpha value is -1.07. The molecule has 4 nitrogen and oxygen atoms in total. The van der Waals surface area contributed by atoms with E-state index in [1.54, 1.807) is 25.3 Å². The average Bonchev–Trinajstić information content (AvgIpc) is 2.28. The summed E-state index contributed by atoms with van der Waals surface area (Å²) in [6.07, 6.45) is 3.13. The number of sulfone groups is 1. The largest absolute Gasteiger partial charge is 0.385 e. The lowest BCUT2D eigenvalue weighted by Gasteiger charge is -2.10. The van der Waals surface area contributed by atoms with Crippen LogP contribution in [0.3, 0.4) is 0 Å². The summed E-state index contributed by atoms with van der Waals surface area (Å²) in [7, 11) is -1.50. The predicted octanol–water partition coefficient (Wildman–Crippen LogP) is 1.93. The van der Waals surface area contributed by atoms with Gasteiger partial charge in [0.05, 0.1) is 10.6 Å².